The van der Waals surface area contributed by atoms with Crippen molar-refractivity contribution in [2.24, 2.45) is 5.41 Å². The fourth-order valence-corrected chi connectivity index (χ4v) is 2.33. The zero-order valence-corrected chi connectivity index (χ0v) is 13.7. The Morgan fingerprint density at radius 1 is 1.47 bits per heavy atom. The first kappa shape index (κ1) is 16.3. The van der Waals surface area contributed by atoms with Crippen molar-refractivity contribution >= 4 is 33.4 Å². The lowest BCUT2D eigenvalue weighted by atomic mass is 9.85. The number of rotatable bonds is 4. The Hall–Kier alpha value is -0.740. The predicted molar refractivity (Wildman–Crippen MR) is 81.9 cm³/mol. The molecule has 0 saturated carbocycles. The maximum atomic E-state index is 12.2. The molecule has 0 radical (unpaired) electrons. The number of alkyl halides is 1. The lowest BCUT2D eigenvalue weighted by Gasteiger charge is -2.31. The minimum Gasteiger partial charge on any atom is -0.507 e. The molecule has 2 N–H and O–H groups in total. The number of hydrogen-bond donors (Lipinski definition) is 2. The Bertz CT molecular complexity index is 457. The van der Waals surface area contributed by atoms with Gasteiger partial charge in [0.15, 0.2) is 0 Å². The molecular weight excluding hydrogens is 330 g/mol. The van der Waals surface area contributed by atoms with Crippen LogP contribution in [0.1, 0.15) is 37.6 Å². The first-order chi connectivity index (χ1) is 8.75. The summed E-state index contributed by atoms with van der Waals surface area (Å²) in [5.74, 6) is 0.162. The molecule has 1 aromatic carbocycles. The smallest absolute Gasteiger partial charge is 0.255 e. The minimum atomic E-state index is -0.282. The maximum Gasteiger partial charge on any atom is 0.255 e. The van der Waals surface area contributed by atoms with E-state index in [1.807, 2.05) is 20.8 Å². The van der Waals surface area contributed by atoms with Gasteiger partial charge in [0.2, 0.25) is 0 Å². The highest BCUT2D eigenvalue weighted by Crippen LogP contribution is 2.25. The predicted octanol–water partition coefficient (Wildman–Crippen LogP) is 3.93. The van der Waals surface area contributed by atoms with Crippen molar-refractivity contribution in [1.82, 2.24) is 5.32 Å². The van der Waals surface area contributed by atoms with E-state index in [2.05, 4.69) is 21.2 Å². The van der Waals surface area contributed by atoms with E-state index >= 15 is 0 Å². The summed E-state index contributed by atoms with van der Waals surface area (Å²) in [4.78, 5) is 12.2. The van der Waals surface area contributed by atoms with Crippen LogP contribution in [-0.2, 0) is 0 Å². The van der Waals surface area contributed by atoms with Gasteiger partial charge >= 0.3 is 0 Å². The fourth-order valence-electron chi connectivity index (χ4n) is 1.76. The lowest BCUT2D eigenvalue weighted by molar-refractivity contribution is 0.0897. The summed E-state index contributed by atoms with van der Waals surface area (Å²) in [6.07, 6.45) is 0.689. The van der Waals surface area contributed by atoms with Crippen LogP contribution in [0.4, 0.5) is 0 Å². The summed E-state index contributed by atoms with van der Waals surface area (Å²) in [5, 5.41) is 12.7. The first-order valence-corrected chi connectivity index (χ1v) is 7.44. The van der Waals surface area contributed by atoms with Crippen LogP contribution in [-0.4, -0.2) is 22.9 Å². The average molecular weight is 349 g/mol. The van der Waals surface area contributed by atoms with E-state index in [1.54, 1.807) is 12.1 Å². The van der Waals surface area contributed by atoms with Gasteiger partial charge < -0.3 is 10.4 Å². The van der Waals surface area contributed by atoms with E-state index in [0.717, 1.165) is 4.47 Å². The van der Waals surface area contributed by atoms with Crippen LogP contribution < -0.4 is 5.32 Å². The fraction of sp³-hybridized carbons (Fsp3) is 0.500. The zero-order chi connectivity index (χ0) is 14.6. The quantitative estimate of drug-likeness (QED) is 0.810. The monoisotopic (exact) mass is 347 g/mol. The van der Waals surface area contributed by atoms with Gasteiger partial charge in [-0.15, -0.1) is 11.6 Å². The highest BCUT2D eigenvalue weighted by atomic mass is 79.9. The van der Waals surface area contributed by atoms with Crippen molar-refractivity contribution in [3.63, 3.8) is 0 Å². The summed E-state index contributed by atoms with van der Waals surface area (Å²) in [6, 6.07) is 4.78. The average Bonchev–Trinajstić information content (AvgIpc) is 2.26. The molecule has 1 unspecified atom stereocenters. The molecule has 106 valence electrons. The van der Waals surface area contributed by atoms with Gasteiger partial charge in [0.1, 0.15) is 5.75 Å². The van der Waals surface area contributed by atoms with Crippen LogP contribution in [0.3, 0.4) is 0 Å². The highest BCUT2D eigenvalue weighted by Gasteiger charge is 2.26. The molecule has 19 heavy (non-hydrogen) atoms. The lowest BCUT2D eigenvalue weighted by Crippen LogP contribution is -2.44. The van der Waals surface area contributed by atoms with Crippen molar-refractivity contribution in [3.05, 3.63) is 28.2 Å². The van der Waals surface area contributed by atoms with Gasteiger partial charge in [0.25, 0.3) is 5.91 Å². The van der Waals surface area contributed by atoms with Crippen molar-refractivity contribution in [3.8, 4) is 5.75 Å². The van der Waals surface area contributed by atoms with E-state index in [0.29, 0.717) is 12.3 Å². The van der Waals surface area contributed by atoms with Crippen molar-refractivity contribution in [2.45, 2.75) is 33.2 Å². The van der Waals surface area contributed by atoms with Crippen molar-refractivity contribution in [1.29, 1.82) is 0 Å². The van der Waals surface area contributed by atoms with E-state index in [-0.39, 0.29) is 28.7 Å². The first-order valence-electron chi connectivity index (χ1n) is 6.11. The van der Waals surface area contributed by atoms with Crippen LogP contribution in [0.5, 0.6) is 5.75 Å². The topological polar surface area (TPSA) is 49.3 Å². The van der Waals surface area contributed by atoms with Crippen molar-refractivity contribution in [2.75, 3.05) is 5.88 Å². The molecule has 1 aromatic rings. The summed E-state index contributed by atoms with van der Waals surface area (Å²) >= 11 is 9.02. The number of hydrogen-bond acceptors (Lipinski definition) is 2. The highest BCUT2D eigenvalue weighted by molar-refractivity contribution is 9.10. The molecule has 0 aromatic heterocycles. The second-order valence-electron chi connectivity index (χ2n) is 5.53. The van der Waals surface area contributed by atoms with Gasteiger partial charge in [0, 0.05) is 16.4 Å². The minimum absolute atomic E-state index is 0.0367. The van der Waals surface area contributed by atoms with Crippen LogP contribution in [0.25, 0.3) is 0 Å². The van der Waals surface area contributed by atoms with Crippen LogP contribution in [0.2, 0.25) is 0 Å². The Balaban J connectivity index is 2.88. The van der Waals surface area contributed by atoms with E-state index in [1.165, 1.54) is 6.07 Å². The molecule has 0 aliphatic heterocycles. The molecule has 0 heterocycles. The Morgan fingerprint density at radius 3 is 2.58 bits per heavy atom. The van der Waals surface area contributed by atoms with Gasteiger partial charge in [-0.2, -0.15) is 0 Å². The standard InChI is InChI=1S/C14H19BrClNO2/c1-14(2,3)12(6-7-16)17-13(19)10-5-4-9(15)8-11(10)18/h4-5,8,12,18H,6-7H2,1-3H3,(H,17,19). The second kappa shape index (κ2) is 6.62. The Morgan fingerprint density at radius 2 is 2.11 bits per heavy atom. The van der Waals surface area contributed by atoms with Crippen LogP contribution in [0.15, 0.2) is 22.7 Å². The molecule has 0 bridgehead atoms. The van der Waals surface area contributed by atoms with E-state index in [9.17, 15) is 9.90 Å². The van der Waals surface area contributed by atoms with E-state index < -0.39 is 0 Å². The SMILES string of the molecule is CC(C)(C)C(CCCl)NC(=O)c1ccc(Br)cc1O. The number of carbonyl (C=O) groups is 1. The Kier molecular flexibility index (Phi) is 5.68. The third-order valence-corrected chi connectivity index (χ3v) is 3.66. The summed E-state index contributed by atoms with van der Waals surface area (Å²) in [7, 11) is 0. The molecule has 0 aliphatic carbocycles. The molecule has 1 amide bonds. The molecule has 3 nitrogen and oxygen atoms in total. The van der Waals surface area contributed by atoms with Gasteiger partial charge in [-0.25, -0.2) is 0 Å². The maximum absolute atomic E-state index is 12.2. The molecule has 0 aliphatic rings. The Labute approximate surface area is 127 Å². The number of phenols is 1. The number of amides is 1. The largest absolute Gasteiger partial charge is 0.507 e. The number of aromatic hydroxyl groups is 1. The zero-order valence-electron chi connectivity index (χ0n) is 11.3. The summed E-state index contributed by atoms with van der Waals surface area (Å²) in [5.41, 5.74) is 0.183. The number of carbonyl (C=O) groups excluding carboxylic acids is 1. The third kappa shape index (κ3) is 4.69. The van der Waals surface area contributed by atoms with Gasteiger partial charge in [-0.05, 0) is 30.0 Å². The number of nitrogens with one attached hydrogen (secondary N) is 1. The molecule has 0 fully saturated rings. The summed E-state index contributed by atoms with van der Waals surface area (Å²) < 4.78 is 0.731. The molecular formula is C14H19BrClNO2. The van der Waals surface area contributed by atoms with Gasteiger partial charge in [-0.1, -0.05) is 36.7 Å². The van der Waals surface area contributed by atoms with Gasteiger partial charge in [0.05, 0.1) is 5.56 Å². The summed E-state index contributed by atoms with van der Waals surface area (Å²) in [6.45, 7) is 6.14. The van der Waals surface area contributed by atoms with Crippen LogP contribution in [0, 0.1) is 5.41 Å². The third-order valence-electron chi connectivity index (χ3n) is 2.95. The second-order valence-corrected chi connectivity index (χ2v) is 6.82. The number of benzene rings is 1. The molecule has 5 heteroatoms. The number of halogens is 2. The molecule has 1 atom stereocenters. The number of phenolic OH excluding ortho intramolecular Hbond substituents is 1. The molecule has 0 spiro atoms. The van der Waals surface area contributed by atoms with Gasteiger partial charge in [-0.3, -0.25) is 4.79 Å². The van der Waals surface area contributed by atoms with Crippen molar-refractivity contribution < 1.29 is 9.90 Å². The molecule has 0 saturated heterocycles. The van der Waals surface area contributed by atoms with Crippen LogP contribution >= 0.6 is 27.5 Å². The normalized spacial score (nSPS) is 13.1. The van der Waals surface area contributed by atoms with E-state index in [4.69, 9.17) is 11.6 Å². The molecule has 1 rings (SSSR count).